The molecule has 0 aliphatic heterocycles. The van der Waals surface area contributed by atoms with E-state index in [1.165, 1.54) is 0 Å². The number of rotatable bonds is 5. The summed E-state index contributed by atoms with van der Waals surface area (Å²) in [5, 5.41) is 8.61. The van der Waals surface area contributed by atoms with E-state index >= 15 is 0 Å². The van der Waals surface area contributed by atoms with Crippen LogP contribution < -0.4 is 5.73 Å². The van der Waals surface area contributed by atoms with Gasteiger partial charge in [0.25, 0.3) is 0 Å². The minimum Gasteiger partial charge on any atom is -0.342 e. The molecule has 1 amide bonds. The monoisotopic (exact) mass is 245 g/mol. The molecule has 96 valence electrons. The molecule has 1 aromatic rings. The van der Waals surface area contributed by atoms with Gasteiger partial charge in [-0.1, -0.05) is 30.3 Å². The third kappa shape index (κ3) is 3.86. The lowest BCUT2D eigenvalue weighted by Gasteiger charge is -2.24. The Morgan fingerprint density at radius 3 is 2.61 bits per heavy atom. The average Bonchev–Trinajstić information content (AvgIpc) is 2.39. The third-order valence-corrected chi connectivity index (χ3v) is 3.06. The van der Waals surface area contributed by atoms with Crippen LogP contribution in [0.2, 0.25) is 0 Å². The van der Waals surface area contributed by atoms with Gasteiger partial charge in [-0.15, -0.1) is 0 Å². The van der Waals surface area contributed by atoms with Gasteiger partial charge in [-0.3, -0.25) is 4.79 Å². The Balaban J connectivity index is 2.57. The normalized spacial score (nSPS) is 13.4. The van der Waals surface area contributed by atoms with Crippen molar-refractivity contribution in [2.45, 2.75) is 31.8 Å². The lowest BCUT2D eigenvalue weighted by atomic mass is 10.0. The van der Waals surface area contributed by atoms with Gasteiger partial charge in [0.05, 0.1) is 12.5 Å². The molecule has 0 bridgehead atoms. The molecular formula is C14H19N3O. The van der Waals surface area contributed by atoms with Crippen molar-refractivity contribution in [3.8, 4) is 6.07 Å². The summed E-state index contributed by atoms with van der Waals surface area (Å²) in [4.78, 5) is 13.6. The highest BCUT2D eigenvalue weighted by Crippen LogP contribution is 2.15. The smallest absolute Gasteiger partial charge is 0.224 e. The first-order valence-electron chi connectivity index (χ1n) is 5.99. The molecule has 2 atom stereocenters. The molecule has 4 heteroatoms. The number of nitriles is 1. The summed E-state index contributed by atoms with van der Waals surface area (Å²) in [6, 6.07) is 11.2. The zero-order chi connectivity index (χ0) is 13.5. The second-order valence-electron chi connectivity index (χ2n) is 4.44. The average molecular weight is 245 g/mol. The molecule has 18 heavy (non-hydrogen) atoms. The van der Waals surface area contributed by atoms with Crippen LogP contribution in [-0.2, 0) is 4.79 Å². The van der Waals surface area contributed by atoms with E-state index in [2.05, 4.69) is 6.07 Å². The topological polar surface area (TPSA) is 70.1 Å². The van der Waals surface area contributed by atoms with Crippen molar-refractivity contribution in [1.29, 1.82) is 5.26 Å². The fourth-order valence-electron chi connectivity index (χ4n) is 1.67. The van der Waals surface area contributed by atoms with Crippen molar-refractivity contribution in [2.75, 3.05) is 7.05 Å². The predicted molar refractivity (Wildman–Crippen MR) is 70.4 cm³/mol. The fraction of sp³-hybridized carbons (Fsp3) is 0.429. The summed E-state index contributed by atoms with van der Waals surface area (Å²) in [6.45, 7) is 1.86. The first-order chi connectivity index (χ1) is 8.56. The van der Waals surface area contributed by atoms with Crippen LogP contribution in [0.4, 0.5) is 0 Å². The molecular weight excluding hydrogens is 226 g/mol. The maximum absolute atomic E-state index is 12.0. The van der Waals surface area contributed by atoms with Crippen LogP contribution in [0.3, 0.4) is 0 Å². The Labute approximate surface area is 108 Å². The van der Waals surface area contributed by atoms with E-state index in [-0.39, 0.29) is 24.4 Å². The summed E-state index contributed by atoms with van der Waals surface area (Å²) >= 11 is 0. The highest BCUT2D eigenvalue weighted by Gasteiger charge is 2.18. The molecule has 0 heterocycles. The number of hydrogen-bond donors (Lipinski definition) is 1. The first kappa shape index (κ1) is 14.2. The van der Waals surface area contributed by atoms with Gasteiger partial charge in [-0.25, -0.2) is 0 Å². The number of carbonyl (C=O) groups is 1. The third-order valence-electron chi connectivity index (χ3n) is 3.06. The molecule has 1 rings (SSSR count). The van der Waals surface area contributed by atoms with Gasteiger partial charge in [-0.2, -0.15) is 5.26 Å². The van der Waals surface area contributed by atoms with Crippen molar-refractivity contribution >= 4 is 5.91 Å². The fourth-order valence-corrected chi connectivity index (χ4v) is 1.67. The zero-order valence-electron chi connectivity index (χ0n) is 10.8. The molecule has 0 aromatic heterocycles. The highest BCUT2D eigenvalue weighted by molar-refractivity contribution is 5.77. The molecule has 1 aromatic carbocycles. The van der Waals surface area contributed by atoms with Crippen LogP contribution in [0.15, 0.2) is 30.3 Å². The number of carbonyl (C=O) groups excluding carboxylic acids is 1. The quantitative estimate of drug-likeness (QED) is 0.860. The summed E-state index contributed by atoms with van der Waals surface area (Å²) < 4.78 is 0. The molecule has 0 radical (unpaired) electrons. The molecule has 0 aliphatic rings. The maximum Gasteiger partial charge on any atom is 0.224 e. The molecule has 4 nitrogen and oxygen atoms in total. The molecule has 2 N–H and O–H groups in total. The van der Waals surface area contributed by atoms with Gasteiger partial charge in [0.1, 0.15) is 0 Å². The van der Waals surface area contributed by atoms with E-state index in [0.717, 1.165) is 5.56 Å². The second kappa shape index (κ2) is 6.77. The Morgan fingerprint density at radius 2 is 2.06 bits per heavy atom. The van der Waals surface area contributed by atoms with Gasteiger partial charge in [0, 0.05) is 25.6 Å². The van der Waals surface area contributed by atoms with Crippen molar-refractivity contribution < 1.29 is 4.79 Å². The molecule has 0 fully saturated rings. The predicted octanol–water partition coefficient (Wildman–Crippen LogP) is 1.84. The molecule has 0 aliphatic carbocycles. The van der Waals surface area contributed by atoms with Crippen LogP contribution in [-0.4, -0.2) is 23.9 Å². The van der Waals surface area contributed by atoms with E-state index in [1.54, 1.807) is 11.9 Å². The maximum atomic E-state index is 12.0. The van der Waals surface area contributed by atoms with Gasteiger partial charge in [0.2, 0.25) is 5.91 Å². The molecule has 0 spiro atoms. The van der Waals surface area contributed by atoms with E-state index in [0.29, 0.717) is 6.42 Å². The number of nitrogens with two attached hydrogens (primary N) is 1. The minimum atomic E-state index is -0.296. The van der Waals surface area contributed by atoms with E-state index in [1.807, 2.05) is 37.3 Å². The van der Waals surface area contributed by atoms with E-state index in [9.17, 15) is 4.79 Å². The number of hydrogen-bond acceptors (Lipinski definition) is 3. The second-order valence-corrected chi connectivity index (χ2v) is 4.44. The van der Waals surface area contributed by atoms with Crippen LogP contribution in [0.1, 0.15) is 31.4 Å². The number of benzene rings is 1. The Hall–Kier alpha value is -1.86. The molecule has 2 unspecified atom stereocenters. The molecule has 0 saturated carbocycles. The van der Waals surface area contributed by atoms with E-state index in [4.69, 9.17) is 11.0 Å². The summed E-state index contributed by atoms with van der Waals surface area (Å²) in [5.41, 5.74) is 6.95. The molecule has 0 saturated heterocycles. The van der Waals surface area contributed by atoms with Gasteiger partial charge in [0.15, 0.2) is 0 Å². The lowest BCUT2D eigenvalue weighted by molar-refractivity contribution is -0.132. The van der Waals surface area contributed by atoms with Gasteiger partial charge in [-0.05, 0) is 12.5 Å². The Kier molecular flexibility index (Phi) is 5.34. The largest absolute Gasteiger partial charge is 0.342 e. The minimum absolute atomic E-state index is 0.0332. The van der Waals surface area contributed by atoms with Crippen molar-refractivity contribution in [3.05, 3.63) is 35.9 Å². The van der Waals surface area contributed by atoms with Crippen molar-refractivity contribution in [1.82, 2.24) is 4.90 Å². The van der Waals surface area contributed by atoms with Crippen LogP contribution in [0.5, 0.6) is 0 Å². The summed E-state index contributed by atoms with van der Waals surface area (Å²) in [5.74, 6) is -0.0332. The SMILES string of the molecule is CC(CC#N)N(C)C(=O)CC(N)c1ccccc1. The van der Waals surface area contributed by atoms with Crippen LogP contribution in [0.25, 0.3) is 0 Å². The summed E-state index contributed by atoms with van der Waals surface area (Å²) in [6.07, 6.45) is 0.596. The first-order valence-corrected chi connectivity index (χ1v) is 5.99. The Bertz CT molecular complexity index is 424. The number of nitrogens with zero attached hydrogens (tertiary/aromatic N) is 2. The zero-order valence-corrected chi connectivity index (χ0v) is 10.8. The standard InChI is InChI=1S/C14H19N3O/c1-11(8-9-15)17(2)14(18)10-13(16)12-6-4-3-5-7-12/h3-7,11,13H,8,10,16H2,1-2H3. The van der Waals surface area contributed by atoms with Crippen LogP contribution >= 0.6 is 0 Å². The van der Waals surface area contributed by atoms with Gasteiger partial charge < -0.3 is 10.6 Å². The highest BCUT2D eigenvalue weighted by atomic mass is 16.2. The van der Waals surface area contributed by atoms with Crippen molar-refractivity contribution in [2.24, 2.45) is 5.73 Å². The lowest BCUT2D eigenvalue weighted by Crippen LogP contribution is -2.36. The number of amides is 1. The Morgan fingerprint density at radius 1 is 1.44 bits per heavy atom. The van der Waals surface area contributed by atoms with Gasteiger partial charge >= 0.3 is 0 Å². The van der Waals surface area contributed by atoms with E-state index < -0.39 is 0 Å². The van der Waals surface area contributed by atoms with Crippen LogP contribution in [0, 0.1) is 11.3 Å². The summed E-state index contributed by atoms with van der Waals surface area (Å²) in [7, 11) is 1.71. The van der Waals surface area contributed by atoms with Crippen molar-refractivity contribution in [3.63, 3.8) is 0 Å².